The van der Waals surface area contributed by atoms with Crippen LogP contribution in [0.1, 0.15) is 30.5 Å². The Balaban J connectivity index is 0.00000117. The van der Waals surface area contributed by atoms with Gasteiger partial charge in [-0.05, 0) is 56.2 Å². The van der Waals surface area contributed by atoms with Crippen LogP contribution < -0.4 is 10.3 Å². The molecule has 0 unspecified atom stereocenters. The van der Waals surface area contributed by atoms with Gasteiger partial charge in [0.05, 0.1) is 10.6 Å². The second-order valence-electron chi connectivity index (χ2n) is 5.83. The third kappa shape index (κ3) is 4.14. The quantitative estimate of drug-likeness (QED) is 0.684. The normalized spacial score (nSPS) is 11.0. The number of anilines is 1. The first kappa shape index (κ1) is 19.7. The van der Waals surface area contributed by atoms with Gasteiger partial charge in [0.15, 0.2) is 0 Å². The predicted molar refractivity (Wildman–Crippen MR) is 105 cm³/mol. The minimum atomic E-state index is -3.68. The highest BCUT2D eigenvalue weighted by Crippen LogP contribution is 2.27. The molecule has 3 rings (SSSR count). The van der Waals surface area contributed by atoms with E-state index < -0.39 is 15.6 Å². The van der Waals surface area contributed by atoms with E-state index in [0.29, 0.717) is 22.2 Å². The Morgan fingerprint density at radius 3 is 2.12 bits per heavy atom. The van der Waals surface area contributed by atoms with Crippen molar-refractivity contribution >= 4 is 26.7 Å². The molecule has 1 N–H and O–H groups in total. The fraction of sp³-hybridized carbons (Fsp3) is 0.250. The maximum absolute atomic E-state index is 12.6. The number of rotatable bonds is 3. The summed E-state index contributed by atoms with van der Waals surface area (Å²) in [5, 5.41) is 0.696. The lowest BCUT2D eigenvalue weighted by molar-refractivity contribution is 0.559. The van der Waals surface area contributed by atoms with E-state index in [-0.39, 0.29) is 4.90 Å². The minimum Gasteiger partial charge on any atom is -0.423 e. The van der Waals surface area contributed by atoms with E-state index >= 15 is 0 Å². The molecule has 2 aromatic carbocycles. The molecule has 0 aliphatic carbocycles. The van der Waals surface area contributed by atoms with Gasteiger partial charge in [-0.2, -0.15) is 0 Å². The van der Waals surface area contributed by atoms with Gasteiger partial charge in [0.2, 0.25) is 0 Å². The van der Waals surface area contributed by atoms with Gasteiger partial charge in [0, 0.05) is 11.5 Å². The molecule has 1 heterocycles. The van der Waals surface area contributed by atoms with Crippen molar-refractivity contribution in [3.8, 4) is 0 Å². The first-order valence-corrected chi connectivity index (χ1v) is 9.89. The summed E-state index contributed by atoms with van der Waals surface area (Å²) in [6, 6.07) is 11.4. The average Bonchev–Trinajstić information content (AvgIpc) is 2.58. The van der Waals surface area contributed by atoms with Crippen molar-refractivity contribution < 1.29 is 12.8 Å². The molecule has 3 aromatic rings. The highest BCUT2D eigenvalue weighted by Gasteiger charge is 2.16. The summed E-state index contributed by atoms with van der Waals surface area (Å²) in [5.41, 5.74) is 2.87. The topological polar surface area (TPSA) is 76.4 Å². The molecule has 0 aliphatic rings. The second-order valence-corrected chi connectivity index (χ2v) is 7.51. The van der Waals surface area contributed by atoms with E-state index in [1.807, 2.05) is 20.8 Å². The number of fused-ring (bicyclic) bond motifs is 1. The zero-order chi connectivity index (χ0) is 19.5. The third-order valence-electron chi connectivity index (χ3n) is 3.87. The highest BCUT2D eigenvalue weighted by atomic mass is 32.2. The van der Waals surface area contributed by atoms with Crippen LogP contribution in [0.3, 0.4) is 0 Å². The van der Waals surface area contributed by atoms with Crippen LogP contribution in [0.15, 0.2) is 56.6 Å². The molecule has 26 heavy (non-hydrogen) atoms. The molecule has 0 saturated carbocycles. The van der Waals surface area contributed by atoms with Gasteiger partial charge < -0.3 is 4.42 Å². The van der Waals surface area contributed by atoms with Gasteiger partial charge in [0.1, 0.15) is 5.58 Å². The maximum Gasteiger partial charge on any atom is 0.336 e. The number of aryl methyl sites for hydroxylation is 3. The molecular formula is C20H23NO4S. The number of nitrogens with one attached hydrogen (secondary N) is 1. The Bertz CT molecular complexity index is 1080. The van der Waals surface area contributed by atoms with Crippen LogP contribution in [0.25, 0.3) is 11.0 Å². The fourth-order valence-electron chi connectivity index (χ4n) is 2.50. The molecule has 138 valence electrons. The van der Waals surface area contributed by atoms with E-state index in [1.54, 1.807) is 50.2 Å². The molecule has 0 saturated heterocycles. The average molecular weight is 373 g/mol. The van der Waals surface area contributed by atoms with Crippen molar-refractivity contribution in [1.29, 1.82) is 0 Å². The van der Waals surface area contributed by atoms with Crippen LogP contribution in [0.4, 0.5) is 5.69 Å². The molecule has 0 radical (unpaired) electrons. The molecule has 1 aromatic heterocycles. The van der Waals surface area contributed by atoms with Crippen molar-refractivity contribution in [2.75, 3.05) is 4.72 Å². The maximum atomic E-state index is 12.6. The molecule has 0 spiro atoms. The monoisotopic (exact) mass is 373 g/mol. The van der Waals surface area contributed by atoms with E-state index in [4.69, 9.17) is 4.42 Å². The molecule has 0 atom stereocenters. The summed E-state index contributed by atoms with van der Waals surface area (Å²) in [6.07, 6.45) is 0. The lowest BCUT2D eigenvalue weighted by Gasteiger charge is -2.12. The minimum absolute atomic E-state index is 0.198. The Labute approximate surface area is 153 Å². The second kappa shape index (κ2) is 7.74. The van der Waals surface area contributed by atoms with Crippen LogP contribution in [-0.2, 0) is 10.0 Å². The van der Waals surface area contributed by atoms with Crippen molar-refractivity contribution in [2.45, 2.75) is 39.5 Å². The molecule has 6 heteroatoms. The standard InChI is InChI=1S/C18H17NO4S.C2H6/c1-11-4-6-14(7-5-11)24(21,22)19-16-10-15-12(2)9-18(20)23-17(15)8-13(16)3;1-2/h4-10,19H,1-3H3;1-2H3. The van der Waals surface area contributed by atoms with E-state index in [1.165, 1.54) is 6.07 Å². The summed E-state index contributed by atoms with van der Waals surface area (Å²) in [4.78, 5) is 11.7. The van der Waals surface area contributed by atoms with Gasteiger partial charge in [0.25, 0.3) is 10.0 Å². The predicted octanol–water partition coefficient (Wildman–Crippen LogP) is 4.55. The van der Waals surface area contributed by atoms with Crippen molar-refractivity contribution in [1.82, 2.24) is 0 Å². The number of hydrogen-bond donors (Lipinski definition) is 1. The lowest BCUT2D eigenvalue weighted by Crippen LogP contribution is -2.14. The first-order chi connectivity index (χ1) is 12.3. The van der Waals surface area contributed by atoms with Crippen LogP contribution in [0.5, 0.6) is 0 Å². The Hall–Kier alpha value is -2.60. The smallest absolute Gasteiger partial charge is 0.336 e. The molecule has 0 fully saturated rings. The molecule has 5 nitrogen and oxygen atoms in total. The van der Waals surface area contributed by atoms with Crippen molar-refractivity contribution in [2.24, 2.45) is 0 Å². The Morgan fingerprint density at radius 2 is 1.50 bits per heavy atom. The zero-order valence-electron chi connectivity index (χ0n) is 15.6. The summed E-state index contributed by atoms with van der Waals surface area (Å²) in [6.45, 7) is 9.44. The summed E-state index contributed by atoms with van der Waals surface area (Å²) in [5.74, 6) is 0. The van der Waals surface area contributed by atoms with Crippen molar-refractivity contribution in [3.63, 3.8) is 0 Å². The van der Waals surface area contributed by atoms with Gasteiger partial charge >= 0.3 is 5.63 Å². The molecular weight excluding hydrogens is 350 g/mol. The van der Waals surface area contributed by atoms with Gasteiger partial charge in [-0.15, -0.1) is 0 Å². The van der Waals surface area contributed by atoms with Crippen LogP contribution >= 0.6 is 0 Å². The number of benzene rings is 2. The van der Waals surface area contributed by atoms with Gasteiger partial charge in [-0.3, -0.25) is 4.72 Å². The number of hydrogen-bond acceptors (Lipinski definition) is 4. The van der Waals surface area contributed by atoms with Crippen LogP contribution in [0, 0.1) is 20.8 Å². The molecule has 0 amide bonds. The van der Waals surface area contributed by atoms with Gasteiger partial charge in [-0.25, -0.2) is 13.2 Å². The first-order valence-electron chi connectivity index (χ1n) is 8.41. The fourth-order valence-corrected chi connectivity index (χ4v) is 3.62. The van der Waals surface area contributed by atoms with Gasteiger partial charge in [-0.1, -0.05) is 31.5 Å². The Morgan fingerprint density at radius 1 is 0.885 bits per heavy atom. The van der Waals surface area contributed by atoms with Crippen LogP contribution in [-0.4, -0.2) is 8.42 Å². The van der Waals surface area contributed by atoms with E-state index in [0.717, 1.165) is 11.1 Å². The SMILES string of the molecule is CC.Cc1ccc(S(=O)(=O)Nc2cc3c(C)cc(=O)oc3cc2C)cc1. The van der Waals surface area contributed by atoms with E-state index in [9.17, 15) is 13.2 Å². The zero-order valence-corrected chi connectivity index (χ0v) is 16.4. The summed E-state index contributed by atoms with van der Waals surface area (Å²) >= 11 is 0. The highest BCUT2D eigenvalue weighted by molar-refractivity contribution is 7.92. The Kier molecular flexibility index (Phi) is 5.87. The largest absolute Gasteiger partial charge is 0.423 e. The van der Waals surface area contributed by atoms with Crippen molar-refractivity contribution in [3.05, 3.63) is 69.6 Å². The van der Waals surface area contributed by atoms with Crippen LogP contribution in [0.2, 0.25) is 0 Å². The molecule has 0 aliphatic heterocycles. The third-order valence-corrected chi connectivity index (χ3v) is 5.25. The summed E-state index contributed by atoms with van der Waals surface area (Å²) in [7, 11) is -3.68. The molecule has 0 bridgehead atoms. The summed E-state index contributed by atoms with van der Waals surface area (Å²) < 4.78 is 32.9. The number of sulfonamides is 1. The lowest BCUT2D eigenvalue weighted by atomic mass is 10.1. The van der Waals surface area contributed by atoms with E-state index in [2.05, 4.69) is 4.72 Å².